The Morgan fingerprint density at radius 1 is 1.43 bits per heavy atom. The molecule has 21 heavy (non-hydrogen) atoms. The Morgan fingerprint density at radius 3 is 2.76 bits per heavy atom. The Balaban J connectivity index is 2.27. The van der Waals surface area contributed by atoms with E-state index in [-0.39, 0.29) is 24.0 Å². The summed E-state index contributed by atoms with van der Waals surface area (Å²) in [5, 5.41) is 2.14. The lowest BCUT2D eigenvalue weighted by Crippen LogP contribution is -2.53. The highest BCUT2D eigenvalue weighted by Gasteiger charge is 2.33. The second-order valence-electron chi connectivity index (χ2n) is 4.73. The van der Waals surface area contributed by atoms with Crippen LogP contribution in [-0.2, 0) is 9.59 Å². The van der Waals surface area contributed by atoms with Crippen LogP contribution in [-0.4, -0.2) is 42.0 Å². The van der Waals surface area contributed by atoms with E-state index in [4.69, 9.17) is 0 Å². The summed E-state index contributed by atoms with van der Waals surface area (Å²) in [4.78, 5) is 47.2. The Hall–Kier alpha value is -2.57. The van der Waals surface area contributed by atoms with Crippen molar-refractivity contribution < 1.29 is 23.6 Å². The van der Waals surface area contributed by atoms with Crippen molar-refractivity contribution in [2.75, 3.05) is 7.05 Å². The van der Waals surface area contributed by atoms with Crippen LogP contribution in [0.25, 0.3) is 0 Å². The Bertz CT molecular complexity index is 629. The molecule has 0 aliphatic carbocycles. The van der Waals surface area contributed by atoms with Crippen LogP contribution in [0.2, 0.25) is 0 Å². The number of carbonyl (C=O) groups excluding carboxylic acids is 4. The molecule has 1 saturated heterocycles. The largest absolute Gasteiger partial charge is 0.330 e. The van der Waals surface area contributed by atoms with Crippen molar-refractivity contribution in [1.82, 2.24) is 10.2 Å². The molecule has 1 aromatic rings. The van der Waals surface area contributed by atoms with Crippen LogP contribution in [0.3, 0.4) is 0 Å². The average Bonchev–Trinajstić information content (AvgIpc) is 2.45. The van der Waals surface area contributed by atoms with E-state index in [1.807, 2.05) is 0 Å². The molecule has 2 rings (SSSR count). The molecule has 7 heteroatoms. The summed E-state index contributed by atoms with van der Waals surface area (Å²) in [6, 6.07) is 2.41. The van der Waals surface area contributed by atoms with Gasteiger partial charge in [-0.05, 0) is 24.6 Å². The predicted molar refractivity (Wildman–Crippen MR) is 70.1 cm³/mol. The lowest BCUT2D eigenvalue weighted by molar-refractivity contribution is -0.136. The van der Waals surface area contributed by atoms with E-state index in [1.54, 1.807) is 0 Å². The first-order chi connectivity index (χ1) is 9.93. The lowest BCUT2D eigenvalue weighted by Gasteiger charge is -2.30. The van der Waals surface area contributed by atoms with E-state index < -0.39 is 29.6 Å². The van der Waals surface area contributed by atoms with Crippen molar-refractivity contribution >= 4 is 24.0 Å². The molecule has 0 spiro atoms. The normalized spacial score (nSPS) is 18.1. The molecule has 1 unspecified atom stereocenters. The molecular formula is C14H13FN2O4. The van der Waals surface area contributed by atoms with E-state index in [0.29, 0.717) is 6.29 Å². The van der Waals surface area contributed by atoms with Gasteiger partial charge in [-0.15, -0.1) is 0 Å². The number of piperidine rings is 1. The zero-order valence-corrected chi connectivity index (χ0v) is 11.3. The summed E-state index contributed by atoms with van der Waals surface area (Å²) < 4.78 is 13.3. The quantitative estimate of drug-likeness (QED) is 0.650. The molecule has 1 aliphatic heterocycles. The fourth-order valence-corrected chi connectivity index (χ4v) is 2.20. The number of likely N-dealkylation sites (N-methyl/N-ethyl adjacent to an activating group) is 1. The summed E-state index contributed by atoms with van der Waals surface area (Å²) >= 11 is 0. The number of hydrogen-bond donors (Lipinski definition) is 1. The van der Waals surface area contributed by atoms with E-state index in [9.17, 15) is 23.6 Å². The maximum absolute atomic E-state index is 13.3. The Kier molecular flexibility index (Phi) is 4.11. The van der Waals surface area contributed by atoms with Gasteiger partial charge < -0.3 is 4.90 Å². The zero-order chi connectivity index (χ0) is 15.6. The number of amides is 3. The molecule has 1 aliphatic rings. The molecule has 1 N–H and O–H groups in total. The molecule has 1 fully saturated rings. The maximum Gasteiger partial charge on any atom is 0.255 e. The van der Waals surface area contributed by atoms with Gasteiger partial charge in [0.2, 0.25) is 11.8 Å². The highest BCUT2D eigenvalue weighted by molar-refractivity contribution is 6.05. The summed E-state index contributed by atoms with van der Waals surface area (Å²) in [5.41, 5.74) is -0.0715. The van der Waals surface area contributed by atoms with E-state index in [0.717, 1.165) is 17.0 Å². The van der Waals surface area contributed by atoms with Gasteiger partial charge in [-0.1, -0.05) is 0 Å². The molecule has 110 valence electrons. The summed E-state index contributed by atoms with van der Waals surface area (Å²) in [7, 11) is 1.38. The van der Waals surface area contributed by atoms with Crippen molar-refractivity contribution in [3.05, 3.63) is 35.1 Å². The molecule has 3 amide bonds. The van der Waals surface area contributed by atoms with Crippen LogP contribution in [0, 0.1) is 5.82 Å². The second-order valence-corrected chi connectivity index (χ2v) is 4.73. The first-order valence-corrected chi connectivity index (χ1v) is 6.29. The topological polar surface area (TPSA) is 83.6 Å². The van der Waals surface area contributed by atoms with Crippen LogP contribution in [0.15, 0.2) is 18.2 Å². The van der Waals surface area contributed by atoms with Crippen LogP contribution >= 0.6 is 0 Å². The molecule has 1 atom stereocenters. The zero-order valence-electron chi connectivity index (χ0n) is 11.3. The van der Waals surface area contributed by atoms with Crippen molar-refractivity contribution in [2.24, 2.45) is 0 Å². The van der Waals surface area contributed by atoms with Crippen LogP contribution in [0.5, 0.6) is 0 Å². The number of aldehydes is 1. The van der Waals surface area contributed by atoms with Gasteiger partial charge in [-0.25, -0.2) is 4.39 Å². The monoisotopic (exact) mass is 292 g/mol. The van der Waals surface area contributed by atoms with Gasteiger partial charge in [0.1, 0.15) is 11.9 Å². The standard InChI is InChI=1S/C14H13FN2O4/c1-17(11-4-5-12(19)16-13(11)20)14(21)10-6-9(15)3-2-8(10)7-18/h2-3,6-7,11H,4-5H2,1H3,(H,16,19,20). The minimum absolute atomic E-state index is 0.0422. The Morgan fingerprint density at radius 2 is 2.14 bits per heavy atom. The minimum atomic E-state index is -0.821. The van der Waals surface area contributed by atoms with Gasteiger partial charge in [0.25, 0.3) is 5.91 Å². The smallest absolute Gasteiger partial charge is 0.255 e. The number of rotatable bonds is 3. The molecule has 0 bridgehead atoms. The minimum Gasteiger partial charge on any atom is -0.330 e. The lowest BCUT2D eigenvalue weighted by atomic mass is 10.0. The number of carbonyl (C=O) groups is 4. The van der Waals surface area contributed by atoms with Crippen molar-refractivity contribution in [3.8, 4) is 0 Å². The third-order valence-corrected chi connectivity index (χ3v) is 3.37. The fraction of sp³-hybridized carbons (Fsp3) is 0.286. The molecule has 0 aromatic heterocycles. The Labute approximate surface area is 119 Å². The summed E-state index contributed by atoms with van der Waals surface area (Å²) in [6.07, 6.45) is 0.765. The van der Waals surface area contributed by atoms with Crippen molar-refractivity contribution in [2.45, 2.75) is 18.9 Å². The first-order valence-electron chi connectivity index (χ1n) is 6.29. The van der Waals surface area contributed by atoms with Gasteiger partial charge in [-0.2, -0.15) is 0 Å². The van der Waals surface area contributed by atoms with Crippen molar-refractivity contribution in [3.63, 3.8) is 0 Å². The summed E-state index contributed by atoms with van der Waals surface area (Å²) in [6.45, 7) is 0. The highest BCUT2D eigenvalue weighted by atomic mass is 19.1. The van der Waals surface area contributed by atoms with Crippen LogP contribution in [0.4, 0.5) is 4.39 Å². The molecule has 0 radical (unpaired) electrons. The number of nitrogens with zero attached hydrogens (tertiary/aromatic N) is 1. The van der Waals surface area contributed by atoms with E-state index >= 15 is 0 Å². The fourth-order valence-electron chi connectivity index (χ4n) is 2.20. The molecule has 1 aromatic carbocycles. The molecular weight excluding hydrogens is 279 g/mol. The third kappa shape index (κ3) is 2.96. The predicted octanol–water partition coefficient (Wildman–Crippen LogP) is 0.515. The van der Waals surface area contributed by atoms with Gasteiger partial charge >= 0.3 is 0 Å². The van der Waals surface area contributed by atoms with Crippen LogP contribution in [0.1, 0.15) is 33.6 Å². The van der Waals surface area contributed by atoms with E-state index in [1.165, 1.54) is 13.1 Å². The second kappa shape index (κ2) is 5.82. The SMILES string of the molecule is CN(C(=O)c1cc(F)ccc1C=O)C1CCC(=O)NC1=O. The number of nitrogens with one attached hydrogen (secondary N) is 1. The molecule has 1 heterocycles. The van der Waals surface area contributed by atoms with Crippen molar-refractivity contribution in [1.29, 1.82) is 0 Å². The van der Waals surface area contributed by atoms with Gasteiger partial charge in [0.15, 0.2) is 6.29 Å². The maximum atomic E-state index is 13.3. The van der Waals surface area contributed by atoms with Gasteiger partial charge in [-0.3, -0.25) is 24.5 Å². The third-order valence-electron chi connectivity index (χ3n) is 3.37. The number of hydrogen-bond acceptors (Lipinski definition) is 4. The highest BCUT2D eigenvalue weighted by Crippen LogP contribution is 2.17. The molecule has 6 nitrogen and oxygen atoms in total. The molecule has 0 saturated carbocycles. The van der Waals surface area contributed by atoms with E-state index in [2.05, 4.69) is 5.32 Å². The van der Waals surface area contributed by atoms with Gasteiger partial charge in [0.05, 0.1) is 5.56 Å². The van der Waals surface area contributed by atoms with Gasteiger partial charge in [0, 0.05) is 19.0 Å². The average molecular weight is 292 g/mol. The number of halogens is 1. The van der Waals surface area contributed by atoms with Crippen LogP contribution < -0.4 is 5.32 Å². The first kappa shape index (κ1) is 14.8. The number of imide groups is 1. The summed E-state index contributed by atoms with van der Waals surface area (Å²) in [5.74, 6) is -2.27. The number of benzene rings is 1.